The van der Waals surface area contributed by atoms with Gasteiger partial charge in [0, 0.05) is 18.3 Å². The lowest BCUT2D eigenvalue weighted by Gasteiger charge is -2.30. The number of aromatic nitrogens is 2. The molecule has 1 aliphatic rings. The molecule has 1 fully saturated rings. The first kappa shape index (κ1) is 12.3. The lowest BCUT2D eigenvalue weighted by atomic mass is 9.96. The van der Waals surface area contributed by atoms with Crippen molar-refractivity contribution in [3.05, 3.63) is 18.1 Å². The highest BCUT2D eigenvalue weighted by atomic mass is 15.1. The van der Waals surface area contributed by atoms with Gasteiger partial charge in [-0.3, -0.25) is 0 Å². The number of nitrogens with zero attached hydrogens (tertiary/aromatic N) is 2. The molecule has 94 valence electrons. The molecule has 1 aromatic rings. The van der Waals surface area contributed by atoms with Crippen molar-refractivity contribution < 1.29 is 0 Å². The van der Waals surface area contributed by atoms with Gasteiger partial charge in [-0.15, -0.1) is 0 Å². The summed E-state index contributed by atoms with van der Waals surface area (Å²) in [6.07, 6.45) is 6.28. The molecule has 1 aromatic heterocycles. The van der Waals surface area contributed by atoms with Crippen LogP contribution in [-0.2, 0) is 6.42 Å². The summed E-state index contributed by atoms with van der Waals surface area (Å²) >= 11 is 0. The van der Waals surface area contributed by atoms with Crippen molar-refractivity contribution in [1.82, 2.24) is 9.97 Å². The third kappa shape index (κ3) is 2.94. The lowest BCUT2D eigenvalue weighted by molar-refractivity contribution is 0.457. The Balaban J connectivity index is 2.08. The molecule has 0 saturated heterocycles. The first-order valence-electron chi connectivity index (χ1n) is 6.47. The van der Waals surface area contributed by atoms with Gasteiger partial charge in [0.2, 0.25) is 0 Å². The number of hydrogen-bond acceptors (Lipinski definition) is 4. The highest BCUT2D eigenvalue weighted by Crippen LogP contribution is 2.40. The summed E-state index contributed by atoms with van der Waals surface area (Å²) in [6.45, 7) is 4.99. The molecule has 1 unspecified atom stereocenters. The van der Waals surface area contributed by atoms with E-state index in [0.717, 1.165) is 24.4 Å². The van der Waals surface area contributed by atoms with Crippen LogP contribution in [0.5, 0.6) is 0 Å². The number of anilines is 1. The molecule has 0 aromatic carbocycles. The molecule has 0 amide bonds. The second-order valence-electron chi connectivity index (χ2n) is 5.17. The first-order chi connectivity index (χ1) is 8.18. The van der Waals surface area contributed by atoms with Gasteiger partial charge in [0.15, 0.2) is 0 Å². The molecule has 0 aliphatic heterocycles. The molecule has 1 heterocycles. The minimum absolute atomic E-state index is 0.0160. The van der Waals surface area contributed by atoms with Crippen molar-refractivity contribution in [3.8, 4) is 0 Å². The van der Waals surface area contributed by atoms with Gasteiger partial charge in [-0.25, -0.2) is 9.97 Å². The molecule has 4 heteroatoms. The standard InChI is InChI=1S/C13H22N4/c1-3-4-11-7-12(16-9-15-11)17-13(2,8-14)10-5-6-10/h7,9-10H,3-6,8,14H2,1-2H3,(H,15,16,17). The Morgan fingerprint density at radius 2 is 2.24 bits per heavy atom. The van der Waals surface area contributed by atoms with Gasteiger partial charge < -0.3 is 11.1 Å². The van der Waals surface area contributed by atoms with Crippen LogP contribution in [0, 0.1) is 5.92 Å². The predicted molar refractivity (Wildman–Crippen MR) is 69.8 cm³/mol. The molecular weight excluding hydrogens is 212 g/mol. The number of aryl methyl sites for hydroxylation is 1. The Hall–Kier alpha value is -1.16. The predicted octanol–water partition coefficient (Wildman–Crippen LogP) is 1.97. The Labute approximate surface area is 103 Å². The number of hydrogen-bond donors (Lipinski definition) is 2. The van der Waals surface area contributed by atoms with Gasteiger partial charge in [0.05, 0.1) is 5.54 Å². The molecule has 0 bridgehead atoms. The average molecular weight is 234 g/mol. The van der Waals surface area contributed by atoms with E-state index in [1.165, 1.54) is 12.8 Å². The summed E-state index contributed by atoms with van der Waals surface area (Å²) in [7, 11) is 0. The smallest absolute Gasteiger partial charge is 0.130 e. The maximum atomic E-state index is 5.89. The molecule has 1 aliphatic carbocycles. The van der Waals surface area contributed by atoms with E-state index in [9.17, 15) is 0 Å². The van der Waals surface area contributed by atoms with Crippen LogP contribution in [0.25, 0.3) is 0 Å². The molecule has 4 nitrogen and oxygen atoms in total. The van der Waals surface area contributed by atoms with Crippen molar-refractivity contribution in [3.63, 3.8) is 0 Å². The molecular formula is C13H22N4. The minimum Gasteiger partial charge on any atom is -0.363 e. The summed E-state index contributed by atoms with van der Waals surface area (Å²) < 4.78 is 0. The van der Waals surface area contributed by atoms with E-state index in [2.05, 4.69) is 29.1 Å². The molecule has 0 radical (unpaired) electrons. The second kappa shape index (κ2) is 5.00. The van der Waals surface area contributed by atoms with Gasteiger partial charge in [0.1, 0.15) is 12.1 Å². The molecule has 1 saturated carbocycles. The van der Waals surface area contributed by atoms with E-state index < -0.39 is 0 Å². The minimum atomic E-state index is -0.0160. The molecule has 17 heavy (non-hydrogen) atoms. The molecule has 1 atom stereocenters. The highest BCUT2D eigenvalue weighted by molar-refractivity contribution is 5.39. The molecule has 0 spiro atoms. The Bertz CT molecular complexity index is 375. The van der Waals surface area contributed by atoms with E-state index in [1.807, 2.05) is 6.07 Å². The Morgan fingerprint density at radius 1 is 1.47 bits per heavy atom. The highest BCUT2D eigenvalue weighted by Gasteiger charge is 2.40. The largest absolute Gasteiger partial charge is 0.363 e. The van der Waals surface area contributed by atoms with Crippen LogP contribution in [0.15, 0.2) is 12.4 Å². The summed E-state index contributed by atoms with van der Waals surface area (Å²) in [6, 6.07) is 2.04. The summed E-state index contributed by atoms with van der Waals surface area (Å²) in [5.41, 5.74) is 6.97. The number of nitrogens with one attached hydrogen (secondary N) is 1. The number of nitrogens with two attached hydrogens (primary N) is 1. The fourth-order valence-electron chi connectivity index (χ4n) is 2.19. The topological polar surface area (TPSA) is 63.8 Å². The van der Waals surface area contributed by atoms with Crippen molar-refractivity contribution in [2.24, 2.45) is 11.7 Å². The van der Waals surface area contributed by atoms with Gasteiger partial charge in [-0.2, -0.15) is 0 Å². The fraction of sp³-hybridized carbons (Fsp3) is 0.692. The van der Waals surface area contributed by atoms with E-state index >= 15 is 0 Å². The van der Waals surface area contributed by atoms with E-state index in [1.54, 1.807) is 6.33 Å². The van der Waals surface area contributed by atoms with Crippen LogP contribution < -0.4 is 11.1 Å². The van der Waals surface area contributed by atoms with E-state index in [4.69, 9.17) is 5.73 Å². The van der Waals surface area contributed by atoms with E-state index in [0.29, 0.717) is 12.5 Å². The maximum absolute atomic E-state index is 5.89. The monoisotopic (exact) mass is 234 g/mol. The van der Waals surface area contributed by atoms with Crippen LogP contribution in [0.2, 0.25) is 0 Å². The van der Waals surface area contributed by atoms with Crippen LogP contribution in [-0.4, -0.2) is 22.1 Å². The summed E-state index contributed by atoms with van der Waals surface area (Å²) in [5.74, 6) is 1.60. The van der Waals surface area contributed by atoms with Gasteiger partial charge >= 0.3 is 0 Å². The molecule has 3 N–H and O–H groups in total. The summed E-state index contributed by atoms with van der Waals surface area (Å²) in [5, 5.41) is 3.49. The van der Waals surface area contributed by atoms with Crippen LogP contribution in [0.1, 0.15) is 38.8 Å². The van der Waals surface area contributed by atoms with Crippen LogP contribution >= 0.6 is 0 Å². The van der Waals surface area contributed by atoms with Crippen molar-refractivity contribution in [1.29, 1.82) is 0 Å². The van der Waals surface area contributed by atoms with Crippen molar-refractivity contribution in [2.45, 2.75) is 45.1 Å². The van der Waals surface area contributed by atoms with Gasteiger partial charge in [-0.1, -0.05) is 13.3 Å². The first-order valence-corrected chi connectivity index (χ1v) is 6.47. The fourth-order valence-corrected chi connectivity index (χ4v) is 2.19. The van der Waals surface area contributed by atoms with Crippen molar-refractivity contribution in [2.75, 3.05) is 11.9 Å². The zero-order valence-electron chi connectivity index (χ0n) is 10.7. The van der Waals surface area contributed by atoms with Crippen LogP contribution in [0.4, 0.5) is 5.82 Å². The Morgan fingerprint density at radius 3 is 2.82 bits per heavy atom. The third-order valence-electron chi connectivity index (χ3n) is 3.55. The van der Waals surface area contributed by atoms with Gasteiger partial charge in [-0.05, 0) is 32.1 Å². The molecule has 2 rings (SSSR count). The zero-order valence-corrected chi connectivity index (χ0v) is 10.7. The lowest BCUT2D eigenvalue weighted by Crippen LogP contribution is -2.44. The maximum Gasteiger partial charge on any atom is 0.130 e. The van der Waals surface area contributed by atoms with Crippen molar-refractivity contribution >= 4 is 5.82 Å². The average Bonchev–Trinajstić information content (AvgIpc) is 3.14. The normalized spacial score (nSPS) is 18.8. The quantitative estimate of drug-likeness (QED) is 0.790. The van der Waals surface area contributed by atoms with Gasteiger partial charge in [0.25, 0.3) is 0 Å². The Kier molecular flexibility index (Phi) is 3.62. The summed E-state index contributed by atoms with van der Waals surface area (Å²) in [4.78, 5) is 8.55. The zero-order chi connectivity index (χ0) is 12.3. The van der Waals surface area contributed by atoms with Crippen LogP contribution in [0.3, 0.4) is 0 Å². The number of rotatable bonds is 6. The second-order valence-corrected chi connectivity index (χ2v) is 5.17. The third-order valence-corrected chi connectivity index (χ3v) is 3.55. The van der Waals surface area contributed by atoms with E-state index in [-0.39, 0.29) is 5.54 Å². The SMILES string of the molecule is CCCc1cc(NC(C)(CN)C2CC2)ncn1.